The number of likely N-dealkylation sites (tertiary alicyclic amines) is 1. The highest BCUT2D eigenvalue weighted by Crippen LogP contribution is 2.33. The van der Waals surface area contributed by atoms with Gasteiger partial charge in [0.05, 0.1) is 36.4 Å². The molecule has 0 unspecified atom stereocenters. The third-order valence-electron chi connectivity index (χ3n) is 7.81. The third-order valence-corrected chi connectivity index (χ3v) is 7.81. The van der Waals surface area contributed by atoms with Gasteiger partial charge in [0, 0.05) is 31.4 Å². The molecule has 13 nitrogen and oxygen atoms in total. The molecule has 2 N–H and O–H groups in total. The predicted octanol–water partition coefficient (Wildman–Crippen LogP) is 4.96. The zero-order valence-electron chi connectivity index (χ0n) is 25.8. The van der Waals surface area contributed by atoms with Crippen LogP contribution in [0.15, 0.2) is 43.0 Å². The van der Waals surface area contributed by atoms with E-state index >= 15 is 0 Å². The van der Waals surface area contributed by atoms with Crippen LogP contribution in [0, 0.1) is 12.7 Å². The molecule has 1 aromatic carbocycles. The predicted molar refractivity (Wildman–Crippen MR) is 163 cm³/mol. The highest BCUT2D eigenvalue weighted by Gasteiger charge is 2.28. The molecule has 0 bridgehead atoms. The molecule has 1 saturated heterocycles. The summed E-state index contributed by atoms with van der Waals surface area (Å²) in [6.07, 6.45) is 9.67. The molecule has 2 aliphatic rings. The second-order valence-corrected chi connectivity index (χ2v) is 12.6. The van der Waals surface area contributed by atoms with E-state index in [1.54, 1.807) is 28.0 Å². The monoisotopic (exact) mass is 616 g/mol. The van der Waals surface area contributed by atoms with Crippen molar-refractivity contribution in [2.45, 2.75) is 77.6 Å². The van der Waals surface area contributed by atoms with Gasteiger partial charge in [-0.1, -0.05) is 17.3 Å². The molecule has 236 valence electrons. The first-order valence-electron chi connectivity index (χ1n) is 15.1. The zero-order chi connectivity index (χ0) is 31.7. The van der Waals surface area contributed by atoms with Crippen molar-refractivity contribution in [3.63, 3.8) is 0 Å². The van der Waals surface area contributed by atoms with Crippen LogP contribution in [0.3, 0.4) is 0 Å². The summed E-state index contributed by atoms with van der Waals surface area (Å²) in [5.74, 6) is -0.608. The number of aryl methyl sites for hydroxylation is 1. The fourth-order valence-electron chi connectivity index (χ4n) is 5.21. The number of rotatable bonds is 8. The van der Waals surface area contributed by atoms with Crippen molar-refractivity contribution in [2.24, 2.45) is 0 Å². The van der Waals surface area contributed by atoms with Crippen LogP contribution >= 0.6 is 0 Å². The maximum absolute atomic E-state index is 14.9. The van der Waals surface area contributed by atoms with Gasteiger partial charge in [0.2, 0.25) is 5.95 Å². The first-order chi connectivity index (χ1) is 21.5. The summed E-state index contributed by atoms with van der Waals surface area (Å²) in [4.78, 5) is 35.2. The number of carbonyl (C=O) groups is 2. The third kappa shape index (κ3) is 7.27. The van der Waals surface area contributed by atoms with Gasteiger partial charge >= 0.3 is 6.09 Å². The van der Waals surface area contributed by atoms with Gasteiger partial charge in [-0.05, 0) is 70.6 Å². The quantitative estimate of drug-likeness (QED) is 0.281. The molecule has 1 aliphatic heterocycles. The topological polar surface area (TPSA) is 145 Å². The second-order valence-electron chi connectivity index (χ2n) is 12.6. The van der Waals surface area contributed by atoms with Gasteiger partial charge < -0.3 is 20.3 Å². The number of aromatic nitrogens is 7. The standard InChI is InChI=1S/C31H37FN10O3/c1-19-13-20(5-6-21(19)14-33-28(43)26-18-42(39-38-26)23-7-8-23)27-25(32)16-34-29(37-27)36-22-15-35-41(17-22)24-9-11-40(12-10-24)30(44)45-31(2,3)4/h5-6,13,15-18,23-24H,7-12,14H2,1-4H3,(H,33,43)(H,34,36,37). The summed E-state index contributed by atoms with van der Waals surface area (Å²) in [7, 11) is 0. The SMILES string of the molecule is Cc1cc(-c2nc(Nc3cnn(C4CCN(C(=O)OC(C)(C)C)CC4)c3)ncc2F)ccc1CNC(=O)c1cn(C2CC2)nn1. The highest BCUT2D eigenvalue weighted by atomic mass is 19.1. The van der Waals surface area contributed by atoms with E-state index in [2.05, 4.69) is 36.0 Å². The first-order valence-corrected chi connectivity index (χ1v) is 15.1. The van der Waals surface area contributed by atoms with Crippen LogP contribution in [-0.4, -0.2) is 70.3 Å². The average molecular weight is 617 g/mol. The number of halogens is 1. The molecular formula is C31H37FN10O3. The Kier molecular flexibility index (Phi) is 8.21. The van der Waals surface area contributed by atoms with Crippen LogP contribution in [0.4, 0.5) is 20.8 Å². The zero-order valence-corrected chi connectivity index (χ0v) is 25.8. The lowest BCUT2D eigenvalue weighted by Crippen LogP contribution is -2.42. The Bertz CT molecular complexity index is 1700. The van der Waals surface area contributed by atoms with E-state index in [9.17, 15) is 14.0 Å². The van der Waals surface area contributed by atoms with Gasteiger partial charge in [-0.2, -0.15) is 5.10 Å². The van der Waals surface area contributed by atoms with E-state index in [0.717, 1.165) is 43.0 Å². The molecule has 0 spiro atoms. The number of piperidine rings is 1. The average Bonchev–Trinajstić information content (AvgIpc) is 3.54. The molecular weight excluding hydrogens is 579 g/mol. The molecule has 14 heteroatoms. The Morgan fingerprint density at radius 1 is 1.04 bits per heavy atom. The van der Waals surface area contributed by atoms with Gasteiger partial charge in [-0.3, -0.25) is 9.48 Å². The summed E-state index contributed by atoms with van der Waals surface area (Å²) in [5, 5.41) is 18.5. The number of hydrogen-bond donors (Lipinski definition) is 2. The Morgan fingerprint density at radius 3 is 2.51 bits per heavy atom. The van der Waals surface area contributed by atoms with Crippen LogP contribution in [0.1, 0.15) is 80.2 Å². The summed E-state index contributed by atoms with van der Waals surface area (Å²) >= 11 is 0. The number of benzene rings is 1. The maximum Gasteiger partial charge on any atom is 0.410 e. The van der Waals surface area contributed by atoms with Crippen molar-refractivity contribution in [1.82, 2.24) is 45.0 Å². The number of anilines is 2. The molecule has 0 atom stereocenters. The summed E-state index contributed by atoms with van der Waals surface area (Å²) in [6.45, 7) is 8.94. The Balaban J connectivity index is 1.06. The van der Waals surface area contributed by atoms with Crippen LogP contribution in [-0.2, 0) is 11.3 Å². The van der Waals surface area contributed by atoms with Crippen LogP contribution < -0.4 is 10.6 Å². The normalized spacial score (nSPS) is 15.6. The summed E-state index contributed by atoms with van der Waals surface area (Å²) < 4.78 is 24.0. The minimum Gasteiger partial charge on any atom is -0.444 e. The van der Waals surface area contributed by atoms with E-state index in [1.165, 1.54) is 0 Å². The summed E-state index contributed by atoms with van der Waals surface area (Å²) in [6, 6.07) is 5.94. The van der Waals surface area contributed by atoms with Gasteiger partial charge in [-0.15, -0.1) is 5.10 Å². The Hall–Kier alpha value is -4.88. The highest BCUT2D eigenvalue weighted by molar-refractivity contribution is 5.91. The molecule has 4 heterocycles. The van der Waals surface area contributed by atoms with Crippen LogP contribution in [0.25, 0.3) is 11.3 Å². The molecule has 2 fully saturated rings. The molecule has 6 rings (SSSR count). The van der Waals surface area contributed by atoms with Crippen molar-refractivity contribution >= 4 is 23.6 Å². The molecule has 2 amide bonds. The number of amides is 2. The van der Waals surface area contributed by atoms with Crippen molar-refractivity contribution in [1.29, 1.82) is 0 Å². The van der Waals surface area contributed by atoms with E-state index in [4.69, 9.17) is 4.74 Å². The van der Waals surface area contributed by atoms with Crippen molar-refractivity contribution in [2.75, 3.05) is 18.4 Å². The lowest BCUT2D eigenvalue weighted by atomic mass is 10.0. The minimum absolute atomic E-state index is 0.131. The molecule has 1 aliphatic carbocycles. The van der Waals surface area contributed by atoms with Gasteiger partial charge in [0.1, 0.15) is 11.3 Å². The van der Waals surface area contributed by atoms with Crippen LogP contribution in [0.2, 0.25) is 0 Å². The number of hydrogen-bond acceptors (Lipinski definition) is 9. The second kappa shape index (κ2) is 12.3. The van der Waals surface area contributed by atoms with Crippen molar-refractivity contribution in [3.8, 4) is 11.3 Å². The largest absolute Gasteiger partial charge is 0.444 e. The fourth-order valence-corrected chi connectivity index (χ4v) is 5.21. The number of nitrogens with zero attached hydrogens (tertiary/aromatic N) is 8. The molecule has 4 aromatic rings. The van der Waals surface area contributed by atoms with Crippen molar-refractivity contribution < 1.29 is 18.7 Å². The van der Waals surface area contributed by atoms with E-state index in [1.807, 2.05) is 50.7 Å². The van der Waals surface area contributed by atoms with Gasteiger partial charge in [0.15, 0.2) is 11.5 Å². The minimum atomic E-state index is -0.549. The van der Waals surface area contributed by atoms with E-state index in [0.29, 0.717) is 36.9 Å². The smallest absolute Gasteiger partial charge is 0.410 e. The maximum atomic E-state index is 14.9. The Labute approximate surface area is 260 Å². The number of nitrogens with one attached hydrogen (secondary N) is 2. The molecule has 1 saturated carbocycles. The molecule has 3 aromatic heterocycles. The van der Waals surface area contributed by atoms with Gasteiger partial charge in [-0.25, -0.2) is 23.8 Å². The van der Waals surface area contributed by atoms with E-state index < -0.39 is 11.4 Å². The Morgan fingerprint density at radius 2 is 1.80 bits per heavy atom. The first kappa shape index (κ1) is 30.2. The fraction of sp³-hybridized carbons (Fsp3) is 0.452. The van der Waals surface area contributed by atoms with Gasteiger partial charge in [0.25, 0.3) is 5.91 Å². The number of ether oxygens (including phenoxy) is 1. The molecule has 0 radical (unpaired) electrons. The molecule has 45 heavy (non-hydrogen) atoms. The lowest BCUT2D eigenvalue weighted by Gasteiger charge is -2.33. The van der Waals surface area contributed by atoms with Crippen LogP contribution in [0.5, 0.6) is 0 Å². The lowest BCUT2D eigenvalue weighted by molar-refractivity contribution is 0.0184. The van der Waals surface area contributed by atoms with Crippen molar-refractivity contribution in [3.05, 3.63) is 65.6 Å². The summed E-state index contributed by atoms with van der Waals surface area (Å²) in [5.41, 5.74) is 2.93. The number of carbonyl (C=O) groups excluding carboxylic acids is 2. The van der Waals surface area contributed by atoms with E-state index in [-0.39, 0.29) is 35.4 Å².